The first-order chi connectivity index (χ1) is 11.7. The van der Waals surface area contributed by atoms with Crippen LogP contribution < -0.4 is 16.0 Å². The molecule has 2 rings (SSSR count). The molecule has 0 heterocycles. The van der Waals surface area contributed by atoms with Crippen LogP contribution in [0.25, 0.3) is 0 Å². The number of anilines is 3. The van der Waals surface area contributed by atoms with Gasteiger partial charge < -0.3 is 16.0 Å². The molecule has 24 heavy (non-hydrogen) atoms. The molecule has 0 aliphatic carbocycles. The van der Waals surface area contributed by atoms with E-state index in [9.17, 15) is 9.59 Å². The molecule has 0 fully saturated rings. The van der Waals surface area contributed by atoms with E-state index in [1.165, 1.54) is 0 Å². The Balaban J connectivity index is 1.81. The minimum absolute atomic E-state index is 0.0194. The first kappa shape index (κ1) is 17.5. The number of amides is 3. The van der Waals surface area contributed by atoms with Gasteiger partial charge in [-0.1, -0.05) is 38.0 Å². The number of hydrogen-bond donors (Lipinski definition) is 3. The van der Waals surface area contributed by atoms with Crippen LogP contribution in [-0.2, 0) is 4.79 Å². The van der Waals surface area contributed by atoms with Gasteiger partial charge in [-0.15, -0.1) is 0 Å². The van der Waals surface area contributed by atoms with Crippen LogP contribution >= 0.6 is 0 Å². The highest BCUT2D eigenvalue weighted by Gasteiger charge is 2.04. The van der Waals surface area contributed by atoms with Crippen LogP contribution in [0.15, 0.2) is 54.6 Å². The Kier molecular flexibility index (Phi) is 6.83. The maximum atomic E-state index is 11.9. The van der Waals surface area contributed by atoms with E-state index in [0.29, 0.717) is 12.1 Å². The molecule has 5 nitrogen and oxygen atoms in total. The van der Waals surface area contributed by atoms with Gasteiger partial charge in [0.05, 0.1) is 0 Å². The van der Waals surface area contributed by atoms with Crippen molar-refractivity contribution in [3.63, 3.8) is 0 Å². The van der Waals surface area contributed by atoms with Gasteiger partial charge >= 0.3 is 6.03 Å². The molecule has 126 valence electrons. The number of rotatable bonds is 7. The van der Waals surface area contributed by atoms with Crippen molar-refractivity contribution in [2.75, 3.05) is 16.0 Å². The second-order valence-corrected chi connectivity index (χ2v) is 5.53. The van der Waals surface area contributed by atoms with Crippen molar-refractivity contribution in [1.82, 2.24) is 0 Å². The minimum Gasteiger partial charge on any atom is -0.326 e. The van der Waals surface area contributed by atoms with Gasteiger partial charge in [-0.05, 0) is 42.8 Å². The van der Waals surface area contributed by atoms with Gasteiger partial charge in [0.15, 0.2) is 0 Å². The van der Waals surface area contributed by atoms with Crippen LogP contribution in [0.2, 0.25) is 0 Å². The Labute approximate surface area is 142 Å². The number of urea groups is 1. The Morgan fingerprint density at radius 3 is 1.88 bits per heavy atom. The van der Waals surface area contributed by atoms with Gasteiger partial charge in [-0.25, -0.2) is 4.79 Å². The third-order valence-corrected chi connectivity index (χ3v) is 3.47. The molecule has 5 heteroatoms. The van der Waals surface area contributed by atoms with E-state index in [0.717, 1.165) is 30.6 Å². The van der Waals surface area contributed by atoms with Gasteiger partial charge in [-0.2, -0.15) is 0 Å². The number of nitrogens with one attached hydrogen (secondary N) is 3. The van der Waals surface area contributed by atoms with Crippen molar-refractivity contribution in [3.05, 3.63) is 54.6 Å². The molecule has 3 amide bonds. The van der Waals surface area contributed by atoms with Crippen LogP contribution in [0.5, 0.6) is 0 Å². The van der Waals surface area contributed by atoms with E-state index in [4.69, 9.17) is 0 Å². The monoisotopic (exact) mass is 325 g/mol. The number of para-hydroxylation sites is 1. The molecule has 0 aliphatic heterocycles. The molecule has 3 N–H and O–H groups in total. The second kappa shape index (κ2) is 9.35. The van der Waals surface area contributed by atoms with Crippen LogP contribution in [-0.4, -0.2) is 11.9 Å². The summed E-state index contributed by atoms with van der Waals surface area (Å²) < 4.78 is 0. The maximum absolute atomic E-state index is 11.9. The Morgan fingerprint density at radius 1 is 0.750 bits per heavy atom. The topological polar surface area (TPSA) is 70.2 Å². The first-order valence-electron chi connectivity index (χ1n) is 8.20. The van der Waals surface area contributed by atoms with Gasteiger partial charge in [0, 0.05) is 23.5 Å². The van der Waals surface area contributed by atoms with E-state index in [2.05, 4.69) is 22.9 Å². The lowest BCUT2D eigenvalue weighted by molar-refractivity contribution is -0.116. The molecule has 2 aromatic carbocycles. The normalized spacial score (nSPS) is 10.0. The summed E-state index contributed by atoms with van der Waals surface area (Å²) in [7, 11) is 0. The fourth-order valence-electron chi connectivity index (χ4n) is 2.21. The quantitative estimate of drug-likeness (QED) is 0.637. The van der Waals surface area contributed by atoms with Crippen LogP contribution in [0, 0.1) is 0 Å². The van der Waals surface area contributed by atoms with Crippen molar-refractivity contribution in [1.29, 1.82) is 0 Å². The molecule has 0 saturated heterocycles. The largest absolute Gasteiger partial charge is 0.326 e. The van der Waals surface area contributed by atoms with Crippen LogP contribution in [0.4, 0.5) is 21.9 Å². The van der Waals surface area contributed by atoms with Crippen molar-refractivity contribution in [2.24, 2.45) is 0 Å². The number of benzene rings is 2. The van der Waals surface area contributed by atoms with Gasteiger partial charge in [0.1, 0.15) is 0 Å². The average Bonchev–Trinajstić information content (AvgIpc) is 2.58. The molecule has 2 aromatic rings. The Bertz CT molecular complexity index is 654. The van der Waals surface area contributed by atoms with E-state index in [1.54, 1.807) is 24.3 Å². The number of carbonyl (C=O) groups excluding carboxylic acids is 2. The highest BCUT2D eigenvalue weighted by Crippen LogP contribution is 2.15. The van der Waals surface area contributed by atoms with E-state index in [1.807, 2.05) is 30.3 Å². The second-order valence-electron chi connectivity index (χ2n) is 5.53. The van der Waals surface area contributed by atoms with E-state index >= 15 is 0 Å². The minimum atomic E-state index is -0.308. The standard InChI is InChI=1S/C19H23N3O2/c1-2-3-5-10-18(23)20-16-11-13-17(14-12-16)22-19(24)21-15-8-6-4-7-9-15/h4,6-9,11-14H,2-3,5,10H2,1H3,(H,20,23)(H2,21,22,24). The predicted octanol–water partition coefficient (Wildman–Crippen LogP) is 4.85. The summed E-state index contributed by atoms with van der Waals surface area (Å²) in [5, 5.41) is 8.35. The van der Waals surface area contributed by atoms with Gasteiger partial charge in [0.25, 0.3) is 0 Å². The lowest BCUT2D eigenvalue weighted by Crippen LogP contribution is -2.19. The van der Waals surface area contributed by atoms with Gasteiger partial charge in [0.2, 0.25) is 5.91 Å². The summed E-state index contributed by atoms with van der Waals surface area (Å²) >= 11 is 0. The molecule has 0 saturated carbocycles. The van der Waals surface area contributed by atoms with Gasteiger partial charge in [-0.3, -0.25) is 4.79 Å². The van der Waals surface area contributed by atoms with Crippen molar-refractivity contribution < 1.29 is 9.59 Å². The summed E-state index contributed by atoms with van der Waals surface area (Å²) in [6.45, 7) is 2.11. The maximum Gasteiger partial charge on any atom is 0.323 e. The number of hydrogen-bond acceptors (Lipinski definition) is 2. The fraction of sp³-hybridized carbons (Fsp3) is 0.263. The van der Waals surface area contributed by atoms with E-state index in [-0.39, 0.29) is 11.9 Å². The summed E-state index contributed by atoms with van der Waals surface area (Å²) in [4.78, 5) is 23.7. The lowest BCUT2D eigenvalue weighted by atomic mass is 10.2. The molecule has 0 aromatic heterocycles. The van der Waals surface area contributed by atoms with Crippen molar-refractivity contribution >= 4 is 29.0 Å². The zero-order chi connectivity index (χ0) is 17.2. The molecular formula is C19H23N3O2. The molecule has 0 bridgehead atoms. The highest BCUT2D eigenvalue weighted by molar-refractivity contribution is 6.00. The third-order valence-electron chi connectivity index (χ3n) is 3.47. The number of unbranched alkanes of at least 4 members (excludes halogenated alkanes) is 2. The summed E-state index contributed by atoms with van der Waals surface area (Å²) in [5.41, 5.74) is 2.11. The molecule has 0 aliphatic rings. The Morgan fingerprint density at radius 2 is 1.29 bits per heavy atom. The third kappa shape index (κ3) is 6.12. The summed E-state index contributed by atoms with van der Waals surface area (Å²) in [6.07, 6.45) is 3.60. The summed E-state index contributed by atoms with van der Waals surface area (Å²) in [5.74, 6) is 0.0194. The lowest BCUT2D eigenvalue weighted by Gasteiger charge is -2.09. The predicted molar refractivity (Wildman–Crippen MR) is 98.3 cm³/mol. The summed E-state index contributed by atoms with van der Waals surface area (Å²) in [6, 6.07) is 16.0. The van der Waals surface area contributed by atoms with E-state index < -0.39 is 0 Å². The molecular weight excluding hydrogens is 302 g/mol. The molecule has 0 radical (unpaired) electrons. The first-order valence-corrected chi connectivity index (χ1v) is 8.20. The molecule has 0 unspecified atom stereocenters. The molecule has 0 atom stereocenters. The van der Waals surface area contributed by atoms with Crippen molar-refractivity contribution in [3.8, 4) is 0 Å². The highest BCUT2D eigenvalue weighted by atomic mass is 16.2. The average molecular weight is 325 g/mol. The van der Waals surface area contributed by atoms with Crippen LogP contribution in [0.3, 0.4) is 0 Å². The molecule has 0 spiro atoms. The zero-order valence-corrected chi connectivity index (χ0v) is 13.8. The SMILES string of the molecule is CCCCCC(=O)Nc1ccc(NC(=O)Nc2ccccc2)cc1. The van der Waals surface area contributed by atoms with Crippen molar-refractivity contribution in [2.45, 2.75) is 32.6 Å². The zero-order valence-electron chi connectivity index (χ0n) is 13.8. The smallest absolute Gasteiger partial charge is 0.323 e. The Hall–Kier alpha value is -2.82. The van der Waals surface area contributed by atoms with Crippen LogP contribution in [0.1, 0.15) is 32.6 Å². The fourth-order valence-corrected chi connectivity index (χ4v) is 2.21. The number of carbonyl (C=O) groups is 2.